The first-order chi connectivity index (χ1) is 7.42. The van der Waals surface area contributed by atoms with Crippen molar-refractivity contribution in [3.63, 3.8) is 0 Å². The van der Waals surface area contributed by atoms with Crippen LogP contribution in [0.4, 0.5) is 0 Å². The third kappa shape index (κ3) is 1.99. The van der Waals surface area contributed by atoms with Crippen molar-refractivity contribution in [3.8, 4) is 0 Å². The molecule has 0 radical (unpaired) electrons. The highest BCUT2D eigenvalue weighted by molar-refractivity contribution is 5.66. The first-order valence-electron chi connectivity index (χ1n) is 5.33. The van der Waals surface area contributed by atoms with Gasteiger partial charge in [-0.25, -0.2) is 4.98 Å². The van der Waals surface area contributed by atoms with Crippen LogP contribution < -0.4 is 5.32 Å². The molecule has 1 saturated carbocycles. The average Bonchev–Trinajstić information content (AvgIpc) is 2.97. The minimum atomic E-state index is 0.695. The lowest BCUT2D eigenvalue weighted by Crippen LogP contribution is -2.16. The summed E-state index contributed by atoms with van der Waals surface area (Å²) < 4.78 is 5.53. The molecule has 15 heavy (non-hydrogen) atoms. The number of aromatic nitrogens is 2. The van der Waals surface area contributed by atoms with Crippen molar-refractivity contribution in [2.24, 2.45) is 5.92 Å². The van der Waals surface area contributed by atoms with Gasteiger partial charge in [0.05, 0.1) is 6.54 Å². The molecule has 3 rings (SSSR count). The zero-order chi connectivity index (χ0) is 10.1. The standard InChI is InChI=1S/C11H13N3O/c1-2-9-11(13-5-1)14-10(15-9)7-12-6-8-3-4-8/h1-2,5,8,12H,3-4,6-7H2. The fraction of sp³-hybridized carbons (Fsp3) is 0.455. The largest absolute Gasteiger partial charge is 0.438 e. The Morgan fingerprint density at radius 1 is 1.47 bits per heavy atom. The first kappa shape index (κ1) is 8.85. The van der Waals surface area contributed by atoms with Gasteiger partial charge in [0.25, 0.3) is 0 Å². The van der Waals surface area contributed by atoms with Crippen LogP contribution in [0.2, 0.25) is 0 Å². The summed E-state index contributed by atoms with van der Waals surface area (Å²) in [6.07, 6.45) is 4.45. The number of nitrogens with zero attached hydrogens (tertiary/aromatic N) is 2. The minimum Gasteiger partial charge on any atom is -0.438 e. The third-order valence-corrected chi connectivity index (χ3v) is 2.62. The number of pyridine rings is 1. The number of hydrogen-bond acceptors (Lipinski definition) is 4. The Labute approximate surface area is 87.7 Å². The van der Waals surface area contributed by atoms with Crippen LogP contribution in [0.3, 0.4) is 0 Å². The van der Waals surface area contributed by atoms with Crippen LogP contribution >= 0.6 is 0 Å². The second-order valence-corrected chi connectivity index (χ2v) is 4.01. The Kier molecular flexibility index (Phi) is 2.14. The molecule has 2 heterocycles. The summed E-state index contributed by atoms with van der Waals surface area (Å²) in [5.74, 6) is 1.61. The molecule has 1 fully saturated rings. The molecular weight excluding hydrogens is 190 g/mol. The Bertz CT molecular complexity index is 429. The van der Waals surface area contributed by atoms with Crippen LogP contribution in [-0.2, 0) is 6.54 Å². The number of hydrogen-bond donors (Lipinski definition) is 1. The van der Waals surface area contributed by atoms with Gasteiger partial charge in [-0.2, -0.15) is 4.98 Å². The van der Waals surface area contributed by atoms with E-state index in [9.17, 15) is 0 Å². The van der Waals surface area contributed by atoms with E-state index in [-0.39, 0.29) is 0 Å². The fourth-order valence-corrected chi connectivity index (χ4v) is 1.59. The normalized spacial score (nSPS) is 16.0. The molecule has 78 valence electrons. The average molecular weight is 203 g/mol. The van der Waals surface area contributed by atoms with Gasteiger partial charge in [-0.05, 0) is 37.4 Å². The molecule has 2 aromatic rings. The molecular formula is C11H13N3O. The Morgan fingerprint density at radius 2 is 2.40 bits per heavy atom. The maximum absolute atomic E-state index is 5.53. The summed E-state index contributed by atoms with van der Waals surface area (Å²) in [7, 11) is 0. The van der Waals surface area contributed by atoms with Gasteiger partial charge in [0, 0.05) is 6.20 Å². The molecule has 1 aliphatic carbocycles. The summed E-state index contributed by atoms with van der Waals surface area (Å²) in [6, 6.07) is 3.74. The molecule has 0 unspecified atom stereocenters. The van der Waals surface area contributed by atoms with E-state index in [2.05, 4.69) is 15.3 Å². The highest BCUT2D eigenvalue weighted by Gasteiger charge is 2.20. The van der Waals surface area contributed by atoms with Crippen molar-refractivity contribution in [2.75, 3.05) is 6.54 Å². The Hall–Kier alpha value is -1.42. The maximum Gasteiger partial charge on any atom is 0.211 e. The summed E-state index contributed by atoms with van der Waals surface area (Å²) in [4.78, 5) is 8.41. The Balaban J connectivity index is 1.68. The zero-order valence-corrected chi connectivity index (χ0v) is 8.44. The summed E-state index contributed by atoms with van der Waals surface area (Å²) in [5.41, 5.74) is 1.46. The van der Waals surface area contributed by atoms with Crippen LogP contribution in [-0.4, -0.2) is 16.5 Å². The van der Waals surface area contributed by atoms with E-state index in [1.807, 2.05) is 12.1 Å². The molecule has 1 aliphatic rings. The van der Waals surface area contributed by atoms with E-state index in [0.29, 0.717) is 12.2 Å². The van der Waals surface area contributed by atoms with E-state index in [0.717, 1.165) is 23.9 Å². The topological polar surface area (TPSA) is 51.0 Å². The van der Waals surface area contributed by atoms with Crippen LogP contribution in [0.25, 0.3) is 11.2 Å². The van der Waals surface area contributed by atoms with Gasteiger partial charge in [0.15, 0.2) is 11.2 Å². The highest BCUT2D eigenvalue weighted by Crippen LogP contribution is 2.27. The molecule has 0 spiro atoms. The second kappa shape index (κ2) is 3.62. The molecule has 4 heteroatoms. The van der Waals surface area contributed by atoms with Crippen LogP contribution in [0, 0.1) is 5.92 Å². The molecule has 0 amide bonds. The van der Waals surface area contributed by atoms with Crippen LogP contribution in [0.15, 0.2) is 22.7 Å². The SMILES string of the molecule is c1cnc2nc(CNCC3CC3)oc2c1. The minimum absolute atomic E-state index is 0.695. The van der Waals surface area contributed by atoms with E-state index in [4.69, 9.17) is 4.42 Å². The molecule has 4 nitrogen and oxygen atoms in total. The van der Waals surface area contributed by atoms with Crippen molar-refractivity contribution in [1.29, 1.82) is 0 Å². The monoisotopic (exact) mass is 203 g/mol. The molecule has 0 saturated heterocycles. The van der Waals surface area contributed by atoms with E-state index in [1.165, 1.54) is 12.8 Å². The quantitative estimate of drug-likeness (QED) is 0.822. The molecule has 0 atom stereocenters. The number of rotatable bonds is 4. The molecule has 2 aromatic heterocycles. The van der Waals surface area contributed by atoms with E-state index < -0.39 is 0 Å². The second-order valence-electron chi connectivity index (χ2n) is 4.01. The van der Waals surface area contributed by atoms with Gasteiger partial charge >= 0.3 is 0 Å². The molecule has 0 aliphatic heterocycles. The number of nitrogens with one attached hydrogen (secondary N) is 1. The van der Waals surface area contributed by atoms with E-state index >= 15 is 0 Å². The predicted octanol–water partition coefficient (Wildman–Crippen LogP) is 1.72. The van der Waals surface area contributed by atoms with Gasteiger partial charge < -0.3 is 9.73 Å². The van der Waals surface area contributed by atoms with Crippen LogP contribution in [0.1, 0.15) is 18.7 Å². The predicted molar refractivity (Wildman–Crippen MR) is 56.2 cm³/mol. The van der Waals surface area contributed by atoms with Crippen molar-refractivity contribution < 1.29 is 4.42 Å². The van der Waals surface area contributed by atoms with Crippen molar-refractivity contribution >= 4 is 11.2 Å². The molecule has 0 bridgehead atoms. The lowest BCUT2D eigenvalue weighted by molar-refractivity contribution is 0.490. The van der Waals surface area contributed by atoms with Crippen molar-refractivity contribution in [2.45, 2.75) is 19.4 Å². The highest BCUT2D eigenvalue weighted by atomic mass is 16.3. The number of fused-ring (bicyclic) bond motifs is 1. The number of oxazole rings is 1. The van der Waals surface area contributed by atoms with Crippen LogP contribution in [0.5, 0.6) is 0 Å². The molecule has 0 aromatic carbocycles. The van der Waals surface area contributed by atoms with Crippen molar-refractivity contribution in [3.05, 3.63) is 24.2 Å². The summed E-state index contributed by atoms with van der Waals surface area (Å²) >= 11 is 0. The van der Waals surface area contributed by atoms with Gasteiger partial charge in [-0.3, -0.25) is 0 Å². The molecule has 1 N–H and O–H groups in total. The zero-order valence-electron chi connectivity index (χ0n) is 8.44. The summed E-state index contributed by atoms with van der Waals surface area (Å²) in [6.45, 7) is 1.78. The fourth-order valence-electron chi connectivity index (χ4n) is 1.59. The summed E-state index contributed by atoms with van der Waals surface area (Å²) in [5, 5.41) is 3.34. The maximum atomic E-state index is 5.53. The first-order valence-corrected chi connectivity index (χ1v) is 5.33. The third-order valence-electron chi connectivity index (χ3n) is 2.62. The lowest BCUT2D eigenvalue weighted by Gasteiger charge is -1.97. The van der Waals surface area contributed by atoms with E-state index in [1.54, 1.807) is 6.20 Å². The van der Waals surface area contributed by atoms with Gasteiger partial charge in [0.1, 0.15) is 0 Å². The van der Waals surface area contributed by atoms with Gasteiger partial charge in [-0.1, -0.05) is 0 Å². The lowest BCUT2D eigenvalue weighted by atomic mass is 10.4. The Morgan fingerprint density at radius 3 is 3.20 bits per heavy atom. The van der Waals surface area contributed by atoms with Crippen molar-refractivity contribution in [1.82, 2.24) is 15.3 Å². The smallest absolute Gasteiger partial charge is 0.211 e. The van der Waals surface area contributed by atoms with Gasteiger partial charge in [0.2, 0.25) is 5.89 Å². The van der Waals surface area contributed by atoms with Gasteiger partial charge in [-0.15, -0.1) is 0 Å².